The molecule has 0 saturated carbocycles. The highest BCUT2D eigenvalue weighted by Gasteiger charge is 2.20. The van der Waals surface area contributed by atoms with Crippen molar-refractivity contribution in [3.05, 3.63) is 94.4 Å². The monoisotopic (exact) mass is 443 g/mol. The van der Waals surface area contributed by atoms with Crippen molar-refractivity contribution in [2.75, 3.05) is 19.0 Å². The van der Waals surface area contributed by atoms with Gasteiger partial charge in [0.05, 0.1) is 36.0 Å². The Bertz CT molecular complexity index is 1390. The molecule has 0 aliphatic heterocycles. The maximum Gasteiger partial charge on any atom is 0.340 e. The minimum atomic E-state index is -0.565. The van der Waals surface area contributed by atoms with Gasteiger partial charge in [0.2, 0.25) is 0 Å². The number of methoxy groups -OCH3 is 1. The van der Waals surface area contributed by atoms with Gasteiger partial charge in [-0.1, -0.05) is 30.3 Å². The lowest BCUT2D eigenvalue weighted by atomic mass is 10.1. The Hall–Kier alpha value is -4.46. The van der Waals surface area contributed by atoms with Gasteiger partial charge in [0.15, 0.2) is 5.69 Å². The highest BCUT2D eigenvalue weighted by atomic mass is 16.5. The van der Waals surface area contributed by atoms with Crippen LogP contribution in [0.3, 0.4) is 0 Å². The van der Waals surface area contributed by atoms with Crippen LogP contribution < -0.4 is 15.6 Å². The minimum absolute atomic E-state index is 0.0414. The van der Waals surface area contributed by atoms with Crippen molar-refractivity contribution < 1.29 is 19.1 Å². The number of fused-ring (bicyclic) bond motifs is 1. The lowest BCUT2D eigenvalue weighted by Crippen LogP contribution is -2.27. The van der Waals surface area contributed by atoms with Crippen LogP contribution in [0.4, 0.5) is 5.69 Å². The van der Waals surface area contributed by atoms with Gasteiger partial charge in [-0.05, 0) is 49.4 Å². The normalized spacial score (nSPS) is 10.6. The van der Waals surface area contributed by atoms with Crippen molar-refractivity contribution in [2.24, 2.45) is 0 Å². The summed E-state index contributed by atoms with van der Waals surface area (Å²) in [5, 5.41) is 7.85. The van der Waals surface area contributed by atoms with Crippen LogP contribution in [0.25, 0.3) is 16.5 Å². The molecule has 0 unspecified atom stereocenters. The molecule has 1 aromatic heterocycles. The molecule has 0 fully saturated rings. The average molecular weight is 443 g/mol. The third-order valence-corrected chi connectivity index (χ3v) is 5.01. The SMILES string of the molecule is CCOC(=O)c1ccccc1NC(=O)c1nn(-c2ccc(OC)cc2)c(=O)c2ccccc12. The Labute approximate surface area is 189 Å². The average Bonchev–Trinajstić information content (AvgIpc) is 2.85. The highest BCUT2D eigenvalue weighted by molar-refractivity contribution is 6.13. The fraction of sp³-hybridized carbons (Fsp3) is 0.120. The summed E-state index contributed by atoms with van der Waals surface area (Å²) >= 11 is 0. The summed E-state index contributed by atoms with van der Waals surface area (Å²) in [6, 6.07) is 20.1. The Kier molecular flexibility index (Phi) is 6.17. The smallest absolute Gasteiger partial charge is 0.340 e. The fourth-order valence-corrected chi connectivity index (χ4v) is 3.42. The summed E-state index contributed by atoms with van der Waals surface area (Å²) in [4.78, 5) is 38.7. The molecule has 166 valence electrons. The number of nitrogens with one attached hydrogen (secondary N) is 1. The van der Waals surface area contributed by atoms with Crippen LogP contribution in [0.1, 0.15) is 27.8 Å². The van der Waals surface area contributed by atoms with Gasteiger partial charge in [-0.2, -0.15) is 9.78 Å². The molecular weight excluding hydrogens is 422 g/mol. The predicted octanol–water partition coefficient (Wildman–Crippen LogP) is 3.82. The van der Waals surface area contributed by atoms with E-state index in [-0.39, 0.29) is 29.1 Å². The van der Waals surface area contributed by atoms with Crippen LogP contribution in [-0.4, -0.2) is 35.4 Å². The number of benzene rings is 3. The molecule has 0 saturated heterocycles. The molecule has 1 N–H and O–H groups in total. The number of carbonyl (C=O) groups is 2. The molecule has 4 rings (SSSR count). The highest BCUT2D eigenvalue weighted by Crippen LogP contribution is 2.21. The van der Waals surface area contributed by atoms with Crippen LogP contribution in [0.2, 0.25) is 0 Å². The van der Waals surface area contributed by atoms with Crippen molar-refractivity contribution in [3.8, 4) is 11.4 Å². The summed E-state index contributed by atoms with van der Waals surface area (Å²) in [5.74, 6) is -0.485. The van der Waals surface area contributed by atoms with Crippen LogP contribution in [0.5, 0.6) is 5.75 Å². The van der Waals surface area contributed by atoms with Crippen molar-refractivity contribution in [2.45, 2.75) is 6.92 Å². The molecule has 1 amide bonds. The lowest BCUT2D eigenvalue weighted by Gasteiger charge is -2.13. The van der Waals surface area contributed by atoms with Crippen molar-refractivity contribution in [1.82, 2.24) is 9.78 Å². The first kappa shape index (κ1) is 21.8. The van der Waals surface area contributed by atoms with Gasteiger partial charge in [-0.15, -0.1) is 0 Å². The van der Waals surface area contributed by atoms with Gasteiger partial charge < -0.3 is 14.8 Å². The molecule has 0 spiro atoms. The number of amides is 1. The van der Waals surface area contributed by atoms with E-state index in [1.165, 1.54) is 4.68 Å². The number of ether oxygens (including phenoxy) is 2. The molecule has 0 radical (unpaired) electrons. The minimum Gasteiger partial charge on any atom is -0.497 e. The molecule has 33 heavy (non-hydrogen) atoms. The summed E-state index contributed by atoms with van der Waals surface area (Å²) in [7, 11) is 1.55. The number of esters is 1. The zero-order valence-corrected chi connectivity index (χ0v) is 18.1. The summed E-state index contributed by atoms with van der Waals surface area (Å²) < 4.78 is 11.4. The second-order valence-electron chi connectivity index (χ2n) is 7.03. The second-order valence-corrected chi connectivity index (χ2v) is 7.03. The van der Waals surface area contributed by atoms with E-state index in [4.69, 9.17) is 9.47 Å². The summed E-state index contributed by atoms with van der Waals surface area (Å²) in [6.07, 6.45) is 0. The van der Waals surface area contributed by atoms with Crippen molar-refractivity contribution in [3.63, 3.8) is 0 Å². The third-order valence-electron chi connectivity index (χ3n) is 5.01. The van der Waals surface area contributed by atoms with Gasteiger partial charge in [0.25, 0.3) is 11.5 Å². The number of para-hydroxylation sites is 1. The van der Waals surface area contributed by atoms with Crippen molar-refractivity contribution in [1.29, 1.82) is 0 Å². The molecule has 3 aromatic carbocycles. The number of hydrogen-bond donors (Lipinski definition) is 1. The second kappa shape index (κ2) is 9.35. The first-order chi connectivity index (χ1) is 16.0. The third kappa shape index (κ3) is 4.31. The molecule has 0 aliphatic rings. The number of hydrogen-bond acceptors (Lipinski definition) is 6. The topological polar surface area (TPSA) is 99.5 Å². The Morgan fingerprint density at radius 2 is 1.61 bits per heavy atom. The number of aromatic nitrogens is 2. The fourth-order valence-electron chi connectivity index (χ4n) is 3.42. The predicted molar refractivity (Wildman–Crippen MR) is 124 cm³/mol. The van der Waals surface area contributed by atoms with E-state index in [9.17, 15) is 14.4 Å². The Morgan fingerprint density at radius 1 is 0.939 bits per heavy atom. The van der Waals surface area contributed by atoms with Gasteiger partial charge in [0, 0.05) is 5.39 Å². The number of rotatable bonds is 6. The van der Waals surface area contributed by atoms with Crippen LogP contribution in [-0.2, 0) is 4.74 Å². The first-order valence-corrected chi connectivity index (χ1v) is 10.3. The van der Waals surface area contributed by atoms with Crippen LogP contribution in [0.15, 0.2) is 77.6 Å². The van der Waals surface area contributed by atoms with E-state index in [0.29, 0.717) is 22.2 Å². The molecule has 8 nitrogen and oxygen atoms in total. The molecule has 4 aromatic rings. The van der Waals surface area contributed by atoms with E-state index in [1.807, 2.05) is 0 Å². The maximum absolute atomic E-state index is 13.3. The molecule has 8 heteroatoms. The molecule has 0 bridgehead atoms. The molecular formula is C25H21N3O5. The molecule has 1 heterocycles. The first-order valence-electron chi connectivity index (χ1n) is 10.3. The van der Waals surface area contributed by atoms with E-state index >= 15 is 0 Å². The lowest BCUT2D eigenvalue weighted by molar-refractivity contribution is 0.0527. The van der Waals surface area contributed by atoms with Crippen LogP contribution >= 0.6 is 0 Å². The number of carbonyl (C=O) groups excluding carboxylic acids is 2. The summed E-state index contributed by atoms with van der Waals surface area (Å²) in [5.41, 5.74) is 0.668. The quantitative estimate of drug-likeness (QED) is 0.455. The maximum atomic E-state index is 13.3. The van der Waals surface area contributed by atoms with Gasteiger partial charge >= 0.3 is 5.97 Å². The van der Waals surface area contributed by atoms with Crippen molar-refractivity contribution >= 4 is 28.3 Å². The Balaban J connectivity index is 1.81. The summed E-state index contributed by atoms with van der Waals surface area (Å²) in [6.45, 7) is 1.91. The van der Waals surface area contributed by atoms with E-state index < -0.39 is 11.9 Å². The van der Waals surface area contributed by atoms with Gasteiger partial charge in [0.1, 0.15) is 5.75 Å². The number of anilines is 1. The van der Waals surface area contributed by atoms with E-state index in [0.717, 1.165) is 0 Å². The van der Waals surface area contributed by atoms with Crippen LogP contribution in [0, 0.1) is 0 Å². The zero-order valence-electron chi connectivity index (χ0n) is 18.1. The molecule has 0 aliphatic carbocycles. The number of nitrogens with zero attached hydrogens (tertiary/aromatic N) is 2. The standard InChI is InChI=1S/C25H21N3O5/c1-3-33-25(31)20-10-6-7-11-21(20)26-23(29)22-18-8-4-5-9-19(18)24(30)28(27-22)16-12-14-17(32-2)15-13-16/h4-15H,3H2,1-2H3,(H,26,29). The van der Waals surface area contributed by atoms with E-state index in [1.54, 1.807) is 86.8 Å². The largest absolute Gasteiger partial charge is 0.497 e. The Morgan fingerprint density at radius 3 is 2.30 bits per heavy atom. The van der Waals surface area contributed by atoms with Gasteiger partial charge in [-0.3, -0.25) is 9.59 Å². The van der Waals surface area contributed by atoms with E-state index in [2.05, 4.69) is 10.4 Å². The zero-order chi connectivity index (χ0) is 23.4. The van der Waals surface area contributed by atoms with Gasteiger partial charge in [-0.25, -0.2) is 4.79 Å². The molecule has 0 atom stereocenters.